The molecule has 0 aliphatic heterocycles. The molecule has 2 aliphatic rings. The van der Waals surface area contributed by atoms with Gasteiger partial charge in [-0.3, -0.25) is 9.59 Å². The molecule has 0 amide bonds. The highest BCUT2D eigenvalue weighted by atomic mass is 19.3. The summed E-state index contributed by atoms with van der Waals surface area (Å²) in [6.07, 6.45) is -0.947. The van der Waals surface area contributed by atoms with E-state index in [0.717, 1.165) is 6.07 Å². The summed E-state index contributed by atoms with van der Waals surface area (Å²) < 4.78 is 36.2. The van der Waals surface area contributed by atoms with Crippen molar-refractivity contribution in [3.63, 3.8) is 0 Å². The van der Waals surface area contributed by atoms with Crippen molar-refractivity contribution >= 4 is 11.6 Å². The van der Waals surface area contributed by atoms with Gasteiger partial charge in [-0.05, 0) is 31.4 Å². The van der Waals surface area contributed by atoms with Crippen molar-refractivity contribution in [2.75, 3.05) is 20.3 Å². The summed E-state index contributed by atoms with van der Waals surface area (Å²) in [5, 5.41) is 10.4. The number of pyridine rings is 1. The second-order valence-electron chi connectivity index (χ2n) is 6.74. The Hall–Kier alpha value is -2.19. The van der Waals surface area contributed by atoms with E-state index < -0.39 is 17.9 Å². The Kier molecular flexibility index (Phi) is 5.96. The van der Waals surface area contributed by atoms with Gasteiger partial charge in [-0.2, -0.15) is 0 Å². The van der Waals surface area contributed by atoms with Crippen LogP contribution in [0.3, 0.4) is 0 Å². The van der Waals surface area contributed by atoms with Gasteiger partial charge in [0.1, 0.15) is 17.0 Å². The highest BCUT2D eigenvalue weighted by Gasteiger charge is 2.43. The number of aromatic nitrogens is 1. The lowest BCUT2D eigenvalue weighted by molar-refractivity contribution is -0.119. The van der Waals surface area contributed by atoms with Crippen molar-refractivity contribution in [1.29, 1.82) is 0 Å². The number of Topliss-reactive ketones (excluding diaryl/α,β-unsaturated/α-hetero) is 2. The number of halogens is 2. The molecule has 1 aromatic rings. The van der Waals surface area contributed by atoms with Gasteiger partial charge in [0.05, 0.1) is 25.5 Å². The number of aliphatic hydroxyl groups excluding tert-OH is 1. The van der Waals surface area contributed by atoms with Crippen LogP contribution in [0.2, 0.25) is 0 Å². The molecule has 2 unspecified atom stereocenters. The molecule has 8 heteroatoms. The van der Waals surface area contributed by atoms with E-state index in [0.29, 0.717) is 25.9 Å². The van der Waals surface area contributed by atoms with Crippen LogP contribution in [0.1, 0.15) is 47.4 Å². The van der Waals surface area contributed by atoms with E-state index in [4.69, 9.17) is 9.47 Å². The van der Waals surface area contributed by atoms with Crippen LogP contribution in [0, 0.1) is 11.8 Å². The first-order valence-corrected chi connectivity index (χ1v) is 8.80. The molecular weight excluding hydrogens is 360 g/mol. The van der Waals surface area contributed by atoms with Crippen LogP contribution >= 0.6 is 0 Å². The van der Waals surface area contributed by atoms with Gasteiger partial charge in [-0.15, -0.1) is 0 Å². The molecule has 6 nitrogen and oxygen atoms in total. The zero-order valence-corrected chi connectivity index (χ0v) is 14.9. The number of nitrogens with zero attached hydrogens (tertiary/aromatic N) is 1. The van der Waals surface area contributed by atoms with Gasteiger partial charge in [0, 0.05) is 24.5 Å². The molecule has 146 valence electrons. The van der Waals surface area contributed by atoms with Crippen molar-refractivity contribution in [2.45, 2.75) is 32.3 Å². The average molecular weight is 381 g/mol. The quantitative estimate of drug-likeness (QED) is 0.423. The third-order valence-corrected chi connectivity index (χ3v) is 5.05. The third-order valence-electron chi connectivity index (χ3n) is 5.05. The lowest BCUT2D eigenvalue weighted by atomic mass is 9.83. The maximum absolute atomic E-state index is 13.0. The number of ether oxygens (including phenoxy) is 2. The minimum Gasteiger partial charge on any atom is -0.511 e. The van der Waals surface area contributed by atoms with Crippen LogP contribution in [-0.4, -0.2) is 42.0 Å². The van der Waals surface area contributed by atoms with E-state index in [9.17, 15) is 23.5 Å². The van der Waals surface area contributed by atoms with Crippen molar-refractivity contribution in [2.24, 2.45) is 11.8 Å². The van der Waals surface area contributed by atoms with Gasteiger partial charge in [-0.1, -0.05) is 0 Å². The second-order valence-corrected chi connectivity index (χ2v) is 6.74. The van der Waals surface area contributed by atoms with Gasteiger partial charge in [-0.25, -0.2) is 13.8 Å². The van der Waals surface area contributed by atoms with Crippen LogP contribution in [0.25, 0.3) is 0 Å². The number of hydrogen-bond donors (Lipinski definition) is 1. The van der Waals surface area contributed by atoms with E-state index in [2.05, 4.69) is 4.98 Å². The monoisotopic (exact) mass is 381 g/mol. The summed E-state index contributed by atoms with van der Waals surface area (Å²) >= 11 is 0. The number of alkyl halides is 2. The molecule has 3 rings (SSSR count). The van der Waals surface area contributed by atoms with Crippen LogP contribution in [0.5, 0.6) is 0 Å². The Morgan fingerprint density at radius 2 is 2.04 bits per heavy atom. The number of carbonyl (C=O) groups excluding carboxylic acids is 2. The maximum Gasteiger partial charge on any atom is 0.280 e. The number of fused-ring (bicyclic) bond motifs is 2. The van der Waals surface area contributed by atoms with E-state index in [1.54, 1.807) is 0 Å². The van der Waals surface area contributed by atoms with Crippen molar-refractivity contribution in [3.8, 4) is 0 Å². The summed E-state index contributed by atoms with van der Waals surface area (Å²) in [6, 6.07) is 2.27. The summed E-state index contributed by atoms with van der Waals surface area (Å²) in [5.74, 6) is -1.72. The van der Waals surface area contributed by atoms with E-state index in [1.807, 2.05) is 0 Å². The summed E-state index contributed by atoms with van der Waals surface area (Å²) in [5.41, 5.74) is -0.712. The highest BCUT2D eigenvalue weighted by Crippen LogP contribution is 2.43. The summed E-state index contributed by atoms with van der Waals surface area (Å²) in [7, 11) is 1.49. The Labute approximate surface area is 155 Å². The zero-order valence-electron chi connectivity index (χ0n) is 14.9. The highest BCUT2D eigenvalue weighted by molar-refractivity contribution is 6.28. The number of carbonyl (C=O) groups is 2. The smallest absolute Gasteiger partial charge is 0.280 e. The van der Waals surface area contributed by atoms with Gasteiger partial charge >= 0.3 is 0 Å². The Bertz CT molecular complexity index is 777. The van der Waals surface area contributed by atoms with Gasteiger partial charge in [0.2, 0.25) is 5.78 Å². The molecule has 0 radical (unpaired) electrons. The molecule has 0 aromatic carbocycles. The number of aliphatic hydroxyl groups is 1. The molecule has 0 spiro atoms. The standard InChI is InChI=1S/C19H21F2NO5/c1-26-6-7-27-9-14-12(4-5-13(22-14)19(20)21)18(25)15-16(23)10-2-3-11(8-10)17(15)24/h4-5,10-11,19,23H,2-3,6-9H2,1H3. The minimum atomic E-state index is -2.80. The molecule has 1 aromatic heterocycles. The molecule has 0 saturated heterocycles. The van der Waals surface area contributed by atoms with Gasteiger partial charge in [0.15, 0.2) is 5.78 Å². The number of allylic oxidation sites excluding steroid dienone is 2. The first-order chi connectivity index (χ1) is 12.9. The predicted molar refractivity (Wildman–Crippen MR) is 90.5 cm³/mol. The summed E-state index contributed by atoms with van der Waals surface area (Å²) in [6.45, 7) is 0.313. The SMILES string of the molecule is COCCOCc1nc(C(F)F)ccc1C(=O)C1=C(O)C2CCC(C2)C1=O. The molecule has 1 N–H and O–H groups in total. The maximum atomic E-state index is 13.0. The van der Waals surface area contributed by atoms with Crippen molar-refractivity contribution < 1.29 is 33.0 Å². The minimum absolute atomic E-state index is 0.00647. The van der Waals surface area contributed by atoms with Crippen molar-refractivity contribution in [3.05, 3.63) is 40.4 Å². The third kappa shape index (κ3) is 3.91. The van der Waals surface area contributed by atoms with E-state index >= 15 is 0 Å². The lowest BCUT2D eigenvalue weighted by Gasteiger charge is -2.21. The summed E-state index contributed by atoms with van der Waals surface area (Å²) in [4.78, 5) is 29.4. The first-order valence-electron chi connectivity index (χ1n) is 8.80. The molecule has 27 heavy (non-hydrogen) atoms. The number of rotatable bonds is 8. The molecule has 2 atom stereocenters. The van der Waals surface area contributed by atoms with Crippen LogP contribution < -0.4 is 0 Å². The fraction of sp³-hybridized carbons (Fsp3) is 0.526. The lowest BCUT2D eigenvalue weighted by Crippen LogP contribution is -2.28. The zero-order chi connectivity index (χ0) is 19.6. The fourth-order valence-corrected chi connectivity index (χ4v) is 3.63. The number of hydrogen-bond acceptors (Lipinski definition) is 6. The molecule has 1 heterocycles. The predicted octanol–water partition coefficient (Wildman–Crippen LogP) is 3.18. The average Bonchev–Trinajstić information content (AvgIpc) is 3.11. The normalized spacial score (nSPS) is 22.0. The topological polar surface area (TPSA) is 85.7 Å². The van der Waals surface area contributed by atoms with Gasteiger partial charge in [0.25, 0.3) is 6.43 Å². The number of methoxy groups -OCH3 is 1. The van der Waals surface area contributed by atoms with Crippen LogP contribution in [0.4, 0.5) is 8.78 Å². The Balaban J connectivity index is 1.93. The molecular formula is C19H21F2NO5. The van der Waals surface area contributed by atoms with E-state index in [1.165, 1.54) is 13.2 Å². The van der Waals surface area contributed by atoms with Crippen molar-refractivity contribution in [1.82, 2.24) is 4.98 Å². The fourth-order valence-electron chi connectivity index (χ4n) is 3.63. The second kappa shape index (κ2) is 8.22. The molecule has 1 saturated carbocycles. The first kappa shape index (κ1) is 19.6. The molecule has 1 fully saturated rings. The van der Waals surface area contributed by atoms with E-state index in [-0.39, 0.29) is 53.4 Å². The molecule has 2 bridgehead atoms. The Morgan fingerprint density at radius 1 is 1.30 bits per heavy atom. The largest absolute Gasteiger partial charge is 0.511 e. The van der Waals surface area contributed by atoms with Gasteiger partial charge < -0.3 is 14.6 Å². The number of ketones is 2. The molecule has 2 aliphatic carbocycles. The Morgan fingerprint density at radius 3 is 2.74 bits per heavy atom. The van der Waals surface area contributed by atoms with Crippen LogP contribution in [-0.2, 0) is 20.9 Å². The van der Waals surface area contributed by atoms with Crippen LogP contribution in [0.15, 0.2) is 23.5 Å².